The maximum absolute atomic E-state index is 11.4. The first-order chi connectivity index (χ1) is 13.0. The van der Waals surface area contributed by atoms with Gasteiger partial charge in [0.1, 0.15) is 12.1 Å². The van der Waals surface area contributed by atoms with Crippen molar-refractivity contribution in [2.45, 2.75) is 44.3 Å². The van der Waals surface area contributed by atoms with Crippen molar-refractivity contribution >= 4 is 29.8 Å². The number of carbonyl (C=O) groups is 5. The summed E-state index contributed by atoms with van der Waals surface area (Å²) in [7, 11) is 0. The minimum absolute atomic E-state index is 0. The molecule has 0 radical (unpaired) electrons. The third-order valence-corrected chi connectivity index (χ3v) is 4.82. The fourth-order valence-corrected chi connectivity index (χ4v) is 3.96. The fraction of sp³-hybridized carbons (Fsp3) is 0.688. The number of quaternary nitrogens is 2. The van der Waals surface area contributed by atoms with E-state index < -0.39 is 62.1 Å². The molecule has 0 spiro atoms. The molecular formula is C16H27Cl2N3O9. The van der Waals surface area contributed by atoms with Gasteiger partial charge < -0.3 is 60.4 Å². The highest BCUT2D eigenvalue weighted by atomic mass is 35.5. The minimum Gasteiger partial charge on any atom is -1.00 e. The molecule has 1 amide bonds. The lowest BCUT2D eigenvalue weighted by atomic mass is 9.84. The van der Waals surface area contributed by atoms with Crippen molar-refractivity contribution in [3.8, 4) is 0 Å². The Morgan fingerprint density at radius 3 is 1.43 bits per heavy atom. The summed E-state index contributed by atoms with van der Waals surface area (Å²) in [4.78, 5) is 56.7. The number of nitrogens with one attached hydrogen (secondary N) is 3. The van der Waals surface area contributed by atoms with Gasteiger partial charge in [-0.15, -0.1) is 0 Å². The van der Waals surface area contributed by atoms with Gasteiger partial charge in [0, 0.05) is 25.8 Å². The van der Waals surface area contributed by atoms with Crippen LogP contribution < -0.4 is 39.9 Å². The summed E-state index contributed by atoms with van der Waals surface area (Å²) in [6.07, 6.45) is 1.01. The molecule has 0 aliphatic heterocycles. The van der Waals surface area contributed by atoms with Crippen LogP contribution in [0.15, 0.2) is 0 Å². The van der Waals surface area contributed by atoms with E-state index in [1.165, 1.54) is 6.92 Å². The summed E-state index contributed by atoms with van der Waals surface area (Å²) in [6, 6.07) is -1.55. The Balaban J connectivity index is 0. The third kappa shape index (κ3) is 10.6. The summed E-state index contributed by atoms with van der Waals surface area (Å²) in [6.45, 7) is -0.703. The van der Waals surface area contributed by atoms with Crippen LogP contribution in [-0.4, -0.2) is 94.5 Å². The van der Waals surface area contributed by atoms with Gasteiger partial charge in [-0.05, 0) is 6.42 Å². The molecule has 3 atom stereocenters. The molecule has 0 aromatic rings. The fourth-order valence-electron chi connectivity index (χ4n) is 3.96. The Labute approximate surface area is 185 Å². The van der Waals surface area contributed by atoms with Crippen LogP contribution in [-0.2, 0) is 24.0 Å². The van der Waals surface area contributed by atoms with Crippen LogP contribution >= 0.6 is 0 Å². The maximum Gasteiger partial charge on any atom is 0.359 e. The van der Waals surface area contributed by atoms with Crippen LogP contribution in [0.5, 0.6) is 0 Å². The molecule has 0 aromatic carbocycles. The van der Waals surface area contributed by atoms with Gasteiger partial charge in [0.25, 0.3) is 0 Å². The Morgan fingerprint density at radius 1 is 0.733 bits per heavy atom. The second kappa shape index (κ2) is 14.0. The number of aliphatic carboxylic acids is 4. The van der Waals surface area contributed by atoms with Gasteiger partial charge in [-0.3, -0.25) is 4.79 Å². The molecule has 1 fully saturated rings. The second-order valence-electron chi connectivity index (χ2n) is 7.02. The zero-order valence-corrected chi connectivity index (χ0v) is 17.8. The number of hydrogen-bond acceptors (Lipinski definition) is 5. The molecule has 1 aliphatic carbocycles. The van der Waals surface area contributed by atoms with E-state index >= 15 is 0 Å². The monoisotopic (exact) mass is 475 g/mol. The average Bonchev–Trinajstić information content (AvgIpc) is 2.51. The van der Waals surface area contributed by atoms with E-state index in [9.17, 15) is 34.2 Å². The summed E-state index contributed by atoms with van der Waals surface area (Å²) >= 11 is 0. The SMILES string of the molecule is CC(=O)N[C@@H]1CC[C@H]([NH+](CC(=O)O)CC(=O)O)[C@@H]([NH+](CC(=O)O)CC(=O)O)C1.[Cl-].[Cl-]. The predicted molar refractivity (Wildman–Crippen MR) is 91.0 cm³/mol. The van der Waals surface area contributed by atoms with Gasteiger partial charge in [0.2, 0.25) is 5.91 Å². The molecule has 14 heteroatoms. The van der Waals surface area contributed by atoms with Gasteiger partial charge in [-0.25, -0.2) is 19.2 Å². The van der Waals surface area contributed by atoms with E-state index in [0.29, 0.717) is 12.8 Å². The highest BCUT2D eigenvalue weighted by Gasteiger charge is 2.45. The van der Waals surface area contributed by atoms with Gasteiger partial charge >= 0.3 is 23.9 Å². The molecule has 1 rings (SSSR count). The Kier molecular flexibility index (Phi) is 14.0. The lowest BCUT2D eigenvalue weighted by Crippen LogP contribution is -3.28. The first-order valence-electron chi connectivity index (χ1n) is 8.83. The van der Waals surface area contributed by atoms with E-state index in [1.54, 1.807) is 0 Å². The Bertz CT molecular complexity index is 603. The molecule has 7 N–H and O–H groups in total. The van der Waals surface area contributed by atoms with E-state index in [2.05, 4.69) is 5.32 Å². The van der Waals surface area contributed by atoms with E-state index in [-0.39, 0.29) is 53.0 Å². The summed E-state index contributed by atoms with van der Waals surface area (Å²) in [5.74, 6) is -5.17. The molecule has 0 saturated heterocycles. The van der Waals surface area contributed by atoms with Crippen LogP contribution in [0.3, 0.4) is 0 Å². The van der Waals surface area contributed by atoms with Crippen molar-refractivity contribution in [2.24, 2.45) is 0 Å². The lowest BCUT2D eigenvalue weighted by Gasteiger charge is -2.41. The molecule has 0 aromatic heterocycles. The number of carboxylic acids is 4. The largest absolute Gasteiger partial charge is 1.00 e. The summed E-state index contributed by atoms with van der Waals surface area (Å²) in [5.41, 5.74) is 0. The van der Waals surface area contributed by atoms with Crippen molar-refractivity contribution < 1.29 is 79.0 Å². The quantitative estimate of drug-likeness (QED) is 0.152. The van der Waals surface area contributed by atoms with Crippen molar-refractivity contribution in [1.29, 1.82) is 0 Å². The van der Waals surface area contributed by atoms with Gasteiger partial charge in [0.05, 0.1) is 0 Å². The number of halogens is 2. The van der Waals surface area contributed by atoms with Gasteiger partial charge in [0.15, 0.2) is 26.2 Å². The highest BCUT2D eigenvalue weighted by molar-refractivity contribution is 5.73. The number of carboxylic acid groups (broad SMARTS) is 4. The number of amides is 1. The van der Waals surface area contributed by atoms with E-state index in [0.717, 1.165) is 0 Å². The Morgan fingerprint density at radius 2 is 1.10 bits per heavy atom. The van der Waals surface area contributed by atoms with Crippen molar-refractivity contribution in [1.82, 2.24) is 5.32 Å². The smallest absolute Gasteiger partial charge is 0.359 e. The lowest BCUT2D eigenvalue weighted by molar-refractivity contribution is -0.984. The summed E-state index contributed by atoms with van der Waals surface area (Å²) in [5, 5.41) is 39.4. The zero-order valence-electron chi connectivity index (χ0n) is 16.3. The van der Waals surface area contributed by atoms with Crippen LogP contribution in [0, 0.1) is 0 Å². The molecule has 1 saturated carbocycles. The van der Waals surface area contributed by atoms with Gasteiger partial charge in [-0.1, -0.05) is 0 Å². The molecular weight excluding hydrogens is 449 g/mol. The van der Waals surface area contributed by atoms with Crippen LogP contribution in [0.4, 0.5) is 0 Å². The average molecular weight is 476 g/mol. The highest BCUT2D eigenvalue weighted by Crippen LogP contribution is 2.16. The third-order valence-electron chi connectivity index (χ3n) is 4.82. The second-order valence-corrected chi connectivity index (χ2v) is 7.02. The molecule has 30 heavy (non-hydrogen) atoms. The molecule has 0 unspecified atom stereocenters. The van der Waals surface area contributed by atoms with Crippen molar-refractivity contribution in [3.63, 3.8) is 0 Å². The standard InChI is InChI=1S/C16H25N3O9.2ClH/c1-9(20)17-10-2-3-11(18(5-13(21)22)6-14(23)24)12(4-10)19(7-15(25)26)8-16(27)28;;/h10-12H,2-8H2,1H3,(H,17,20)(H,21,22)(H,23,24)(H,25,26)(H,27,28);2*1H/t10-,11+,12+;;/m1../s1. The van der Waals surface area contributed by atoms with E-state index in [1.807, 2.05) is 0 Å². The normalized spacial score (nSPS) is 20.6. The molecule has 0 bridgehead atoms. The van der Waals surface area contributed by atoms with Crippen LogP contribution in [0.2, 0.25) is 0 Å². The molecule has 174 valence electrons. The Hall–Kier alpha value is -2.15. The van der Waals surface area contributed by atoms with Crippen LogP contribution in [0.1, 0.15) is 26.2 Å². The number of hydrogen-bond donors (Lipinski definition) is 7. The first-order valence-corrected chi connectivity index (χ1v) is 8.83. The zero-order chi connectivity index (χ0) is 21.4. The predicted octanol–water partition coefficient (Wildman–Crippen LogP) is -10.5. The van der Waals surface area contributed by atoms with Crippen molar-refractivity contribution in [2.75, 3.05) is 26.2 Å². The van der Waals surface area contributed by atoms with Crippen molar-refractivity contribution in [3.05, 3.63) is 0 Å². The number of carbonyl (C=O) groups excluding carboxylic acids is 1. The molecule has 12 nitrogen and oxygen atoms in total. The number of rotatable bonds is 11. The van der Waals surface area contributed by atoms with Gasteiger partial charge in [-0.2, -0.15) is 0 Å². The maximum atomic E-state index is 11.4. The molecule has 0 heterocycles. The molecule has 1 aliphatic rings. The summed E-state index contributed by atoms with van der Waals surface area (Å²) < 4.78 is 0. The minimum atomic E-state index is -1.23. The topological polar surface area (TPSA) is 187 Å². The van der Waals surface area contributed by atoms with E-state index in [4.69, 9.17) is 10.2 Å². The first kappa shape index (κ1) is 30.0. The van der Waals surface area contributed by atoms with Crippen LogP contribution in [0.25, 0.3) is 0 Å².